The molecule has 0 aromatic heterocycles. The molecule has 0 aliphatic rings. The Morgan fingerprint density at radius 3 is 2.50 bits per heavy atom. The average Bonchev–Trinajstić information content (AvgIpc) is 2.34. The van der Waals surface area contributed by atoms with Crippen LogP contribution in [0.25, 0.3) is 10.8 Å². The number of hydrogen-bond acceptors (Lipinski definition) is 3. The molecule has 3 heteroatoms. The molecule has 0 saturated heterocycles. The number of phenolic OH excluding ortho intramolecular Hbond substituents is 2. The molecule has 0 heterocycles. The molecule has 106 valence electrons. The number of rotatable bonds is 5. The van der Waals surface area contributed by atoms with Crippen LogP contribution >= 0.6 is 0 Å². The predicted octanol–water partition coefficient (Wildman–Crippen LogP) is 3.86. The largest absolute Gasteiger partial charge is 0.507 e. The van der Waals surface area contributed by atoms with E-state index >= 15 is 0 Å². The predicted molar refractivity (Wildman–Crippen MR) is 80.3 cm³/mol. The van der Waals surface area contributed by atoms with Gasteiger partial charge in [-0.1, -0.05) is 25.5 Å². The Hall–Kier alpha value is -2.03. The molecule has 0 atom stereocenters. The highest BCUT2D eigenvalue weighted by atomic mass is 16.3. The molecule has 2 aromatic carbocycles. The fourth-order valence-corrected chi connectivity index (χ4v) is 2.47. The van der Waals surface area contributed by atoms with Crippen LogP contribution in [-0.4, -0.2) is 16.0 Å². The lowest BCUT2D eigenvalue weighted by atomic mass is 9.99. The number of carbonyl (C=O) groups excluding carboxylic acids is 1. The average molecular weight is 272 g/mol. The summed E-state index contributed by atoms with van der Waals surface area (Å²) in [6.45, 7) is 3.94. The minimum Gasteiger partial charge on any atom is -0.507 e. The summed E-state index contributed by atoms with van der Waals surface area (Å²) in [5.41, 5.74) is 1.71. The molecule has 0 fully saturated rings. The minimum atomic E-state index is 0.0262. The molecule has 0 amide bonds. The van der Waals surface area contributed by atoms with E-state index in [1.165, 1.54) is 0 Å². The number of Topliss-reactive ketones (excluding diaryl/α,β-unsaturated/α-hetero) is 1. The molecule has 0 unspecified atom stereocenters. The normalized spacial score (nSPS) is 10.9. The first-order chi connectivity index (χ1) is 9.51. The Balaban J connectivity index is 2.35. The molecule has 2 rings (SSSR count). The molecular weight excluding hydrogens is 252 g/mol. The van der Waals surface area contributed by atoms with Crippen molar-refractivity contribution in [1.82, 2.24) is 0 Å². The zero-order valence-electron chi connectivity index (χ0n) is 11.9. The van der Waals surface area contributed by atoms with Gasteiger partial charge in [0, 0.05) is 12.8 Å². The summed E-state index contributed by atoms with van der Waals surface area (Å²) in [5, 5.41) is 21.1. The summed E-state index contributed by atoms with van der Waals surface area (Å²) in [5.74, 6) is 0.280. The van der Waals surface area contributed by atoms with E-state index in [9.17, 15) is 15.0 Å². The Morgan fingerprint density at radius 2 is 1.80 bits per heavy atom. The van der Waals surface area contributed by atoms with E-state index in [1.807, 2.05) is 19.1 Å². The lowest BCUT2D eigenvalue weighted by Gasteiger charge is -2.09. The summed E-state index contributed by atoms with van der Waals surface area (Å²) in [7, 11) is 0. The van der Waals surface area contributed by atoms with E-state index in [4.69, 9.17) is 0 Å². The minimum absolute atomic E-state index is 0.0262. The fraction of sp³-hybridized carbons (Fsp3) is 0.353. The van der Waals surface area contributed by atoms with Crippen LogP contribution < -0.4 is 0 Å². The number of fused-ring (bicyclic) bond motifs is 1. The second kappa shape index (κ2) is 5.95. The van der Waals surface area contributed by atoms with Gasteiger partial charge in [-0.15, -0.1) is 0 Å². The Morgan fingerprint density at radius 1 is 1.10 bits per heavy atom. The maximum absolute atomic E-state index is 11.8. The summed E-state index contributed by atoms with van der Waals surface area (Å²) < 4.78 is 0. The number of benzene rings is 2. The van der Waals surface area contributed by atoms with Gasteiger partial charge < -0.3 is 10.2 Å². The molecule has 20 heavy (non-hydrogen) atoms. The van der Waals surface area contributed by atoms with Gasteiger partial charge in [0.15, 0.2) is 0 Å². The first-order valence-corrected chi connectivity index (χ1v) is 6.98. The highest BCUT2D eigenvalue weighted by Crippen LogP contribution is 2.35. The third-order valence-corrected chi connectivity index (χ3v) is 3.42. The Bertz CT molecular complexity index is 644. The molecule has 0 spiro atoms. The third kappa shape index (κ3) is 3.10. The maximum atomic E-state index is 11.8. The van der Waals surface area contributed by atoms with E-state index in [-0.39, 0.29) is 17.3 Å². The van der Waals surface area contributed by atoms with Crippen molar-refractivity contribution >= 4 is 16.6 Å². The van der Waals surface area contributed by atoms with Crippen molar-refractivity contribution < 1.29 is 15.0 Å². The van der Waals surface area contributed by atoms with Gasteiger partial charge in [-0.2, -0.15) is 0 Å². The third-order valence-electron chi connectivity index (χ3n) is 3.42. The first-order valence-electron chi connectivity index (χ1n) is 6.98. The zero-order valence-corrected chi connectivity index (χ0v) is 11.9. The number of hydrogen-bond donors (Lipinski definition) is 2. The van der Waals surface area contributed by atoms with Crippen LogP contribution in [0.1, 0.15) is 37.3 Å². The lowest BCUT2D eigenvalue weighted by molar-refractivity contribution is -0.118. The standard InChI is InChI=1S/C17H20O3/c1-3-4-5-14(18)9-12-8-13-6-11(2)7-15(19)17(13)16(20)10-12/h6-8,10,19-20H,3-5,9H2,1-2H3. The Labute approximate surface area is 118 Å². The second-order valence-corrected chi connectivity index (χ2v) is 5.32. The van der Waals surface area contributed by atoms with Gasteiger partial charge in [-0.25, -0.2) is 0 Å². The molecule has 3 nitrogen and oxygen atoms in total. The summed E-state index contributed by atoms with van der Waals surface area (Å²) in [6.07, 6.45) is 2.81. The smallest absolute Gasteiger partial charge is 0.137 e. The van der Waals surface area contributed by atoms with Crippen molar-refractivity contribution in [2.75, 3.05) is 0 Å². The van der Waals surface area contributed by atoms with Crippen molar-refractivity contribution in [2.24, 2.45) is 0 Å². The monoisotopic (exact) mass is 272 g/mol. The van der Waals surface area contributed by atoms with E-state index in [1.54, 1.807) is 12.1 Å². The molecule has 0 aliphatic heterocycles. The number of carbonyl (C=O) groups is 1. The maximum Gasteiger partial charge on any atom is 0.137 e. The molecular formula is C17H20O3. The van der Waals surface area contributed by atoms with Gasteiger partial charge in [0.1, 0.15) is 17.3 Å². The van der Waals surface area contributed by atoms with E-state index < -0.39 is 0 Å². The van der Waals surface area contributed by atoms with Crippen LogP contribution in [0, 0.1) is 6.92 Å². The quantitative estimate of drug-likeness (QED) is 0.869. The molecule has 0 aliphatic carbocycles. The highest BCUT2D eigenvalue weighted by molar-refractivity contribution is 5.95. The van der Waals surface area contributed by atoms with Crippen molar-refractivity contribution in [3.63, 3.8) is 0 Å². The van der Waals surface area contributed by atoms with E-state index in [0.29, 0.717) is 18.2 Å². The topological polar surface area (TPSA) is 57.5 Å². The van der Waals surface area contributed by atoms with E-state index in [0.717, 1.165) is 29.4 Å². The number of ketones is 1. The van der Waals surface area contributed by atoms with Gasteiger partial charge in [0.25, 0.3) is 0 Å². The first kappa shape index (κ1) is 14.4. The number of phenols is 2. The van der Waals surface area contributed by atoms with Gasteiger partial charge in [0.05, 0.1) is 5.39 Å². The van der Waals surface area contributed by atoms with Gasteiger partial charge >= 0.3 is 0 Å². The second-order valence-electron chi connectivity index (χ2n) is 5.32. The molecule has 0 radical (unpaired) electrons. The van der Waals surface area contributed by atoms with Crippen molar-refractivity contribution in [1.29, 1.82) is 0 Å². The van der Waals surface area contributed by atoms with Crippen LogP contribution in [0.5, 0.6) is 11.5 Å². The Kier molecular flexibility index (Phi) is 4.28. The van der Waals surface area contributed by atoms with Crippen molar-refractivity contribution in [2.45, 2.75) is 39.5 Å². The van der Waals surface area contributed by atoms with Crippen LogP contribution in [0.15, 0.2) is 24.3 Å². The van der Waals surface area contributed by atoms with Gasteiger partial charge in [-0.05, 0) is 42.0 Å². The lowest BCUT2D eigenvalue weighted by Crippen LogP contribution is -2.02. The molecule has 2 N–H and O–H groups in total. The molecule has 0 bridgehead atoms. The summed E-state index contributed by atoms with van der Waals surface area (Å²) in [6, 6.07) is 6.95. The van der Waals surface area contributed by atoms with Crippen LogP contribution in [0.4, 0.5) is 0 Å². The van der Waals surface area contributed by atoms with Gasteiger partial charge in [-0.3, -0.25) is 4.79 Å². The number of unbranched alkanes of at least 4 members (excludes halogenated alkanes) is 1. The molecule has 2 aromatic rings. The van der Waals surface area contributed by atoms with Crippen molar-refractivity contribution in [3.05, 3.63) is 35.4 Å². The number of aromatic hydroxyl groups is 2. The van der Waals surface area contributed by atoms with Crippen molar-refractivity contribution in [3.8, 4) is 11.5 Å². The summed E-state index contributed by atoms with van der Waals surface area (Å²) in [4.78, 5) is 11.8. The fourth-order valence-electron chi connectivity index (χ4n) is 2.47. The zero-order chi connectivity index (χ0) is 14.7. The SMILES string of the molecule is CCCCC(=O)Cc1cc(O)c2c(O)cc(C)cc2c1. The van der Waals surface area contributed by atoms with Crippen LogP contribution in [-0.2, 0) is 11.2 Å². The molecule has 0 saturated carbocycles. The van der Waals surface area contributed by atoms with E-state index in [2.05, 4.69) is 6.92 Å². The highest BCUT2D eigenvalue weighted by Gasteiger charge is 2.10. The van der Waals surface area contributed by atoms with Crippen LogP contribution in [0.2, 0.25) is 0 Å². The summed E-state index contributed by atoms with van der Waals surface area (Å²) >= 11 is 0. The van der Waals surface area contributed by atoms with Gasteiger partial charge in [0.2, 0.25) is 0 Å². The number of aryl methyl sites for hydroxylation is 1. The van der Waals surface area contributed by atoms with Crippen LogP contribution in [0.3, 0.4) is 0 Å².